The fourth-order valence-corrected chi connectivity index (χ4v) is 2.57. The molecule has 5 heteroatoms. The van der Waals surface area contributed by atoms with Crippen molar-refractivity contribution in [2.45, 2.75) is 25.3 Å². The van der Waals surface area contributed by atoms with E-state index in [4.69, 9.17) is 5.26 Å². The average molecular weight is 268 g/mol. The third kappa shape index (κ3) is 2.45. The van der Waals surface area contributed by atoms with Crippen LogP contribution in [0, 0.1) is 17.1 Å². The normalized spacial score (nSPS) is 17.1. The van der Waals surface area contributed by atoms with Crippen LogP contribution in [0.25, 0.3) is 0 Å². The smallest absolute Gasteiger partial charge is 0.163 e. The fourth-order valence-electron chi connectivity index (χ4n) is 2.57. The van der Waals surface area contributed by atoms with Gasteiger partial charge in [0.25, 0.3) is 0 Å². The quantitative estimate of drug-likeness (QED) is 0.909. The summed E-state index contributed by atoms with van der Waals surface area (Å²) in [6.45, 7) is 0. The van der Waals surface area contributed by atoms with Gasteiger partial charge in [0.05, 0.1) is 6.04 Å². The molecule has 0 amide bonds. The van der Waals surface area contributed by atoms with Crippen LogP contribution in [0.15, 0.2) is 30.3 Å². The average Bonchev–Trinajstić information content (AvgIpc) is 2.49. The molecule has 2 aromatic rings. The Hall–Kier alpha value is -2.48. The number of halogens is 1. The maximum absolute atomic E-state index is 13.4. The number of aromatic nitrogens is 2. The number of nitriles is 1. The minimum absolute atomic E-state index is 0.0386. The molecule has 1 aromatic carbocycles. The van der Waals surface area contributed by atoms with Gasteiger partial charge >= 0.3 is 0 Å². The first-order chi connectivity index (χ1) is 9.76. The number of benzene rings is 1. The zero-order valence-corrected chi connectivity index (χ0v) is 10.8. The van der Waals surface area contributed by atoms with Gasteiger partial charge in [0.2, 0.25) is 0 Å². The van der Waals surface area contributed by atoms with Crippen molar-refractivity contribution >= 4 is 5.82 Å². The highest BCUT2D eigenvalue weighted by molar-refractivity contribution is 5.42. The minimum Gasteiger partial charge on any atom is -0.362 e. The Morgan fingerprint density at radius 1 is 1.25 bits per heavy atom. The molecule has 100 valence electrons. The van der Waals surface area contributed by atoms with Gasteiger partial charge in [-0.3, -0.25) is 0 Å². The summed E-state index contributed by atoms with van der Waals surface area (Å²) in [4.78, 5) is 0. The first kappa shape index (κ1) is 12.5. The molecular formula is C15H13FN4. The number of anilines is 1. The van der Waals surface area contributed by atoms with E-state index >= 15 is 0 Å². The van der Waals surface area contributed by atoms with Gasteiger partial charge in [0.15, 0.2) is 5.69 Å². The second-order valence-corrected chi connectivity index (χ2v) is 4.85. The first-order valence-electron chi connectivity index (χ1n) is 6.55. The molecule has 1 aliphatic carbocycles. The van der Waals surface area contributed by atoms with Crippen molar-refractivity contribution in [2.24, 2.45) is 0 Å². The Bertz CT molecular complexity index is 661. The summed E-state index contributed by atoms with van der Waals surface area (Å²) >= 11 is 0. The highest BCUT2D eigenvalue weighted by Crippen LogP contribution is 2.32. The predicted molar refractivity (Wildman–Crippen MR) is 72.4 cm³/mol. The van der Waals surface area contributed by atoms with Gasteiger partial charge < -0.3 is 5.32 Å². The second-order valence-electron chi connectivity index (χ2n) is 4.85. The van der Waals surface area contributed by atoms with E-state index in [-0.39, 0.29) is 17.6 Å². The second kappa shape index (κ2) is 5.25. The Morgan fingerprint density at radius 2 is 2.15 bits per heavy atom. The van der Waals surface area contributed by atoms with Gasteiger partial charge in [-0.2, -0.15) is 5.26 Å². The largest absolute Gasteiger partial charge is 0.362 e. The number of hydrogen-bond donors (Lipinski definition) is 1. The van der Waals surface area contributed by atoms with Crippen LogP contribution < -0.4 is 5.32 Å². The molecular weight excluding hydrogens is 255 g/mol. The van der Waals surface area contributed by atoms with Gasteiger partial charge in [-0.1, -0.05) is 6.07 Å². The lowest BCUT2D eigenvalue weighted by molar-refractivity contribution is 0.578. The number of hydrogen-bond acceptors (Lipinski definition) is 4. The van der Waals surface area contributed by atoms with Gasteiger partial charge in [-0.05, 0) is 54.7 Å². The molecule has 0 bridgehead atoms. The summed E-state index contributed by atoms with van der Waals surface area (Å²) in [7, 11) is 0. The maximum Gasteiger partial charge on any atom is 0.163 e. The Balaban J connectivity index is 1.85. The number of nitrogens with zero attached hydrogens (tertiary/aromatic N) is 3. The van der Waals surface area contributed by atoms with Gasteiger partial charge in [0.1, 0.15) is 17.7 Å². The molecule has 0 aliphatic heterocycles. The predicted octanol–water partition coefficient (Wildman–Crippen LogP) is 2.98. The molecule has 1 N–H and O–H groups in total. The number of rotatable bonds is 2. The van der Waals surface area contributed by atoms with E-state index in [0.29, 0.717) is 5.82 Å². The SMILES string of the molecule is N#Cc1ccc(NC2CCCc3ccc(F)cc32)nn1. The molecule has 0 saturated carbocycles. The van der Waals surface area contributed by atoms with Crippen molar-refractivity contribution in [2.75, 3.05) is 5.32 Å². The van der Waals surface area contributed by atoms with Crippen LogP contribution in [0.4, 0.5) is 10.2 Å². The first-order valence-corrected chi connectivity index (χ1v) is 6.55. The number of fused-ring (bicyclic) bond motifs is 1. The van der Waals surface area contributed by atoms with Gasteiger partial charge in [-0.25, -0.2) is 4.39 Å². The molecule has 4 nitrogen and oxygen atoms in total. The van der Waals surface area contributed by atoms with Gasteiger partial charge in [0, 0.05) is 0 Å². The van der Waals surface area contributed by atoms with E-state index < -0.39 is 0 Å². The van der Waals surface area contributed by atoms with Gasteiger partial charge in [-0.15, -0.1) is 10.2 Å². The third-order valence-electron chi connectivity index (χ3n) is 3.52. The number of nitrogens with one attached hydrogen (secondary N) is 1. The number of aryl methyl sites for hydroxylation is 1. The van der Waals surface area contributed by atoms with Crippen molar-refractivity contribution in [3.8, 4) is 6.07 Å². The Kier molecular flexibility index (Phi) is 3.30. The summed E-state index contributed by atoms with van der Waals surface area (Å²) in [6, 6.07) is 10.2. The fraction of sp³-hybridized carbons (Fsp3) is 0.267. The Morgan fingerprint density at radius 3 is 2.90 bits per heavy atom. The van der Waals surface area contributed by atoms with Crippen LogP contribution in [0.2, 0.25) is 0 Å². The van der Waals surface area contributed by atoms with E-state index in [1.54, 1.807) is 18.2 Å². The standard InChI is InChI=1S/C15H13FN4/c16-11-5-4-10-2-1-3-14(13(10)8-11)18-15-7-6-12(9-17)19-20-15/h4-8,14H,1-3H2,(H,18,20). The van der Waals surface area contributed by atoms with E-state index in [1.807, 2.05) is 12.1 Å². The monoisotopic (exact) mass is 268 g/mol. The molecule has 20 heavy (non-hydrogen) atoms. The summed E-state index contributed by atoms with van der Waals surface area (Å²) in [5.41, 5.74) is 2.45. The summed E-state index contributed by atoms with van der Waals surface area (Å²) in [6.07, 6.45) is 2.96. The highest BCUT2D eigenvalue weighted by atomic mass is 19.1. The Labute approximate surface area is 116 Å². The van der Waals surface area contributed by atoms with Crippen molar-refractivity contribution in [3.63, 3.8) is 0 Å². The molecule has 3 rings (SSSR count). The van der Waals surface area contributed by atoms with Crippen molar-refractivity contribution < 1.29 is 4.39 Å². The zero-order chi connectivity index (χ0) is 13.9. The molecule has 0 radical (unpaired) electrons. The molecule has 0 spiro atoms. The van der Waals surface area contributed by atoms with E-state index in [0.717, 1.165) is 24.8 Å². The van der Waals surface area contributed by atoms with Crippen LogP contribution in [0.3, 0.4) is 0 Å². The van der Waals surface area contributed by atoms with Crippen LogP contribution in [-0.2, 0) is 6.42 Å². The third-order valence-corrected chi connectivity index (χ3v) is 3.52. The van der Waals surface area contributed by atoms with Crippen LogP contribution in [0.1, 0.15) is 35.7 Å². The molecule has 0 saturated heterocycles. The van der Waals surface area contributed by atoms with E-state index in [2.05, 4.69) is 15.5 Å². The molecule has 1 aliphatic rings. The molecule has 0 fully saturated rings. The molecule has 1 unspecified atom stereocenters. The summed E-state index contributed by atoms with van der Waals surface area (Å²) in [5.74, 6) is 0.384. The van der Waals surface area contributed by atoms with E-state index in [1.165, 1.54) is 11.6 Å². The topological polar surface area (TPSA) is 61.6 Å². The molecule has 1 aromatic heterocycles. The highest BCUT2D eigenvalue weighted by Gasteiger charge is 2.21. The molecule has 1 atom stereocenters. The van der Waals surface area contributed by atoms with Crippen molar-refractivity contribution in [1.29, 1.82) is 5.26 Å². The van der Waals surface area contributed by atoms with Crippen LogP contribution in [0.5, 0.6) is 0 Å². The van der Waals surface area contributed by atoms with E-state index in [9.17, 15) is 4.39 Å². The minimum atomic E-state index is -0.219. The summed E-state index contributed by atoms with van der Waals surface area (Å²) in [5, 5.41) is 19.7. The summed E-state index contributed by atoms with van der Waals surface area (Å²) < 4.78 is 13.4. The zero-order valence-electron chi connectivity index (χ0n) is 10.8. The maximum atomic E-state index is 13.4. The lowest BCUT2D eigenvalue weighted by Crippen LogP contribution is -2.18. The lowest BCUT2D eigenvalue weighted by Gasteiger charge is -2.26. The van der Waals surface area contributed by atoms with Crippen molar-refractivity contribution in [3.05, 3.63) is 53.0 Å². The lowest BCUT2D eigenvalue weighted by atomic mass is 9.87. The van der Waals surface area contributed by atoms with Crippen LogP contribution >= 0.6 is 0 Å². The molecule has 1 heterocycles. The van der Waals surface area contributed by atoms with Crippen molar-refractivity contribution in [1.82, 2.24) is 10.2 Å². The van der Waals surface area contributed by atoms with Crippen LogP contribution in [-0.4, -0.2) is 10.2 Å².